The third-order valence-electron chi connectivity index (χ3n) is 3.95. The summed E-state index contributed by atoms with van der Waals surface area (Å²) in [7, 11) is 0. The minimum absolute atomic E-state index is 0.591. The highest BCUT2D eigenvalue weighted by Crippen LogP contribution is 2.37. The molecular weight excluding hydrogens is 292 g/mol. The van der Waals surface area contributed by atoms with Crippen LogP contribution in [0.5, 0.6) is 0 Å². The van der Waals surface area contributed by atoms with Gasteiger partial charge in [-0.05, 0) is 57.5 Å². The maximum atomic E-state index is 2.32. The minimum atomic E-state index is 0.591. The second-order valence-corrected chi connectivity index (χ2v) is 7.77. The summed E-state index contributed by atoms with van der Waals surface area (Å²) < 4.78 is 2.76. The molecule has 2 heteroatoms. The molecule has 0 amide bonds. The lowest BCUT2D eigenvalue weighted by Gasteiger charge is -2.05. The summed E-state index contributed by atoms with van der Waals surface area (Å²) in [6.45, 7) is 4.47. The predicted molar refractivity (Wildman–Crippen MR) is 96.7 cm³/mol. The van der Waals surface area contributed by atoms with Gasteiger partial charge in [-0.3, -0.25) is 0 Å². The Bertz CT molecular complexity index is 860. The Labute approximate surface area is 132 Å². The van der Waals surface area contributed by atoms with Gasteiger partial charge in [0.15, 0.2) is 0 Å². The van der Waals surface area contributed by atoms with E-state index in [-0.39, 0.29) is 0 Å². The third kappa shape index (κ3) is 2.29. The first-order valence-corrected chi connectivity index (χ1v) is 8.91. The number of fused-ring (bicyclic) bond motifs is 2. The molecule has 0 N–H and O–H groups in total. The molecule has 21 heavy (non-hydrogen) atoms. The summed E-state index contributed by atoms with van der Waals surface area (Å²) in [5, 5.41) is 4.88. The van der Waals surface area contributed by atoms with Gasteiger partial charge in [-0.25, -0.2) is 0 Å². The molecule has 0 radical (unpaired) electrons. The Kier molecular flexibility index (Phi) is 3.09. The Balaban J connectivity index is 1.82. The molecule has 0 fully saturated rings. The minimum Gasteiger partial charge on any atom is -0.144 e. The van der Waals surface area contributed by atoms with Gasteiger partial charge in [-0.1, -0.05) is 38.1 Å². The molecule has 0 saturated heterocycles. The third-order valence-corrected chi connectivity index (χ3v) is 5.98. The van der Waals surface area contributed by atoms with E-state index in [0.29, 0.717) is 5.92 Å². The highest BCUT2D eigenvalue weighted by molar-refractivity contribution is 7.22. The lowest BCUT2D eigenvalue weighted by molar-refractivity contribution is 0.867. The van der Waals surface area contributed by atoms with Crippen LogP contribution in [0.3, 0.4) is 0 Å². The van der Waals surface area contributed by atoms with Crippen molar-refractivity contribution in [2.45, 2.75) is 19.8 Å². The first-order chi connectivity index (χ1) is 10.2. The maximum absolute atomic E-state index is 2.32. The number of rotatable bonds is 2. The number of hydrogen-bond donors (Lipinski definition) is 0. The van der Waals surface area contributed by atoms with Gasteiger partial charge in [0.05, 0.1) is 0 Å². The Morgan fingerprint density at radius 1 is 0.810 bits per heavy atom. The van der Waals surface area contributed by atoms with Crippen molar-refractivity contribution in [1.82, 2.24) is 0 Å². The van der Waals surface area contributed by atoms with E-state index >= 15 is 0 Å². The zero-order chi connectivity index (χ0) is 14.4. The van der Waals surface area contributed by atoms with Crippen molar-refractivity contribution in [3.63, 3.8) is 0 Å². The van der Waals surface area contributed by atoms with E-state index in [0.717, 1.165) is 0 Å². The van der Waals surface area contributed by atoms with Gasteiger partial charge < -0.3 is 0 Å². The summed E-state index contributed by atoms with van der Waals surface area (Å²) >= 11 is 3.70. The van der Waals surface area contributed by atoms with Crippen molar-refractivity contribution >= 4 is 42.8 Å². The topological polar surface area (TPSA) is 0 Å². The van der Waals surface area contributed by atoms with Crippen molar-refractivity contribution in [2.24, 2.45) is 0 Å². The zero-order valence-corrected chi connectivity index (χ0v) is 13.7. The van der Waals surface area contributed by atoms with Crippen LogP contribution in [0.25, 0.3) is 30.6 Å². The number of hydrogen-bond acceptors (Lipinski definition) is 2. The highest BCUT2D eigenvalue weighted by Gasteiger charge is 2.07. The van der Waals surface area contributed by atoms with Crippen LogP contribution in [-0.4, -0.2) is 0 Å². The van der Waals surface area contributed by atoms with Crippen LogP contribution in [0.4, 0.5) is 0 Å². The monoisotopic (exact) mass is 308 g/mol. The van der Waals surface area contributed by atoms with Crippen molar-refractivity contribution in [1.29, 1.82) is 0 Å². The first kappa shape index (κ1) is 13.1. The van der Waals surface area contributed by atoms with E-state index in [9.17, 15) is 0 Å². The van der Waals surface area contributed by atoms with Crippen LogP contribution in [0.2, 0.25) is 0 Å². The van der Waals surface area contributed by atoms with Gasteiger partial charge in [0.25, 0.3) is 0 Å². The van der Waals surface area contributed by atoms with E-state index in [4.69, 9.17) is 0 Å². The molecule has 4 rings (SSSR count). The summed E-state index contributed by atoms with van der Waals surface area (Å²) in [5.74, 6) is 0.591. The van der Waals surface area contributed by atoms with Gasteiger partial charge in [-0.2, -0.15) is 0 Å². The summed E-state index contributed by atoms with van der Waals surface area (Å²) in [4.78, 5) is 1.36. The van der Waals surface area contributed by atoms with E-state index in [1.807, 2.05) is 22.7 Å². The molecule has 0 unspecified atom stereocenters. The standard InChI is InChI=1S/C19H16S2/c1-12(2)13-3-5-14(6-4-13)18-11-16-10-17-15(7-8-20-17)9-19(16)21-18/h3-12H,1-2H3. The SMILES string of the molecule is CC(C)c1ccc(-c2cc3cc4sccc4cc3s2)cc1. The van der Waals surface area contributed by atoms with E-state index in [1.54, 1.807) is 0 Å². The number of benzene rings is 2. The van der Waals surface area contributed by atoms with Crippen LogP contribution >= 0.6 is 22.7 Å². The molecule has 2 aromatic carbocycles. The van der Waals surface area contributed by atoms with Gasteiger partial charge in [0.1, 0.15) is 0 Å². The van der Waals surface area contributed by atoms with Gasteiger partial charge in [0, 0.05) is 14.3 Å². The molecule has 104 valence electrons. The molecular formula is C19H16S2. The van der Waals surface area contributed by atoms with E-state index in [1.165, 1.54) is 36.2 Å². The quantitative estimate of drug-likeness (QED) is 0.377. The largest absolute Gasteiger partial charge is 0.144 e. The van der Waals surface area contributed by atoms with Crippen LogP contribution in [0.15, 0.2) is 53.9 Å². The van der Waals surface area contributed by atoms with Crippen LogP contribution in [0.1, 0.15) is 25.3 Å². The smallest absolute Gasteiger partial charge is 0.0356 e. The van der Waals surface area contributed by atoms with Crippen molar-refractivity contribution < 1.29 is 0 Å². The van der Waals surface area contributed by atoms with Crippen LogP contribution < -0.4 is 0 Å². The van der Waals surface area contributed by atoms with E-state index < -0.39 is 0 Å². The summed E-state index contributed by atoms with van der Waals surface area (Å²) in [5.41, 5.74) is 2.73. The fourth-order valence-electron chi connectivity index (χ4n) is 2.67. The molecule has 0 aliphatic heterocycles. The van der Waals surface area contributed by atoms with Gasteiger partial charge >= 0.3 is 0 Å². The average Bonchev–Trinajstić information content (AvgIpc) is 3.10. The van der Waals surface area contributed by atoms with E-state index in [2.05, 4.69) is 67.8 Å². The number of thiophene rings is 2. The maximum Gasteiger partial charge on any atom is 0.0356 e. The second kappa shape index (κ2) is 4.97. The fourth-order valence-corrected chi connectivity index (χ4v) is 4.59. The predicted octanol–water partition coefficient (Wildman–Crippen LogP) is 6.91. The van der Waals surface area contributed by atoms with Crippen molar-refractivity contribution in [2.75, 3.05) is 0 Å². The molecule has 0 spiro atoms. The first-order valence-electron chi connectivity index (χ1n) is 7.22. The lowest BCUT2D eigenvalue weighted by Crippen LogP contribution is -1.85. The average molecular weight is 308 g/mol. The summed E-state index contributed by atoms with van der Waals surface area (Å²) in [6.07, 6.45) is 0. The molecule has 2 aromatic heterocycles. The van der Waals surface area contributed by atoms with Gasteiger partial charge in [-0.15, -0.1) is 22.7 Å². The van der Waals surface area contributed by atoms with Crippen molar-refractivity contribution in [3.8, 4) is 10.4 Å². The second-order valence-electron chi connectivity index (χ2n) is 5.74. The normalized spacial score (nSPS) is 11.8. The fraction of sp³-hybridized carbons (Fsp3) is 0.158. The zero-order valence-electron chi connectivity index (χ0n) is 12.1. The molecule has 0 bridgehead atoms. The Morgan fingerprint density at radius 3 is 2.33 bits per heavy atom. The molecule has 4 aromatic rings. The van der Waals surface area contributed by atoms with Crippen LogP contribution in [0, 0.1) is 0 Å². The van der Waals surface area contributed by atoms with Gasteiger partial charge in [0.2, 0.25) is 0 Å². The van der Waals surface area contributed by atoms with Crippen molar-refractivity contribution in [3.05, 3.63) is 59.5 Å². The molecule has 0 nitrogen and oxygen atoms in total. The molecule has 2 heterocycles. The molecule has 0 saturated carbocycles. The Hall–Kier alpha value is -1.64. The highest BCUT2D eigenvalue weighted by atomic mass is 32.1. The molecule has 0 aliphatic carbocycles. The molecule has 0 aliphatic rings. The summed E-state index contributed by atoms with van der Waals surface area (Å²) in [6, 6.07) is 18.2. The van der Waals surface area contributed by atoms with Crippen LogP contribution in [-0.2, 0) is 0 Å². The Morgan fingerprint density at radius 2 is 1.57 bits per heavy atom. The molecule has 0 atom stereocenters. The lowest BCUT2D eigenvalue weighted by atomic mass is 10.0.